The number of amides is 1. The van der Waals surface area contributed by atoms with Gasteiger partial charge in [-0.15, -0.1) is 10.2 Å². The average molecular weight is 347 g/mol. The van der Waals surface area contributed by atoms with E-state index in [-0.39, 0.29) is 5.91 Å². The zero-order valence-electron chi connectivity index (χ0n) is 15.0. The van der Waals surface area contributed by atoms with Crippen molar-refractivity contribution in [1.29, 1.82) is 0 Å². The number of carbonyl (C=O) groups excluding carboxylic acids is 1. The van der Waals surface area contributed by atoms with E-state index in [1.807, 2.05) is 59.1 Å². The summed E-state index contributed by atoms with van der Waals surface area (Å²) in [7, 11) is 1.93. The maximum atomic E-state index is 12.6. The summed E-state index contributed by atoms with van der Waals surface area (Å²) < 4.78 is 1.91. The average Bonchev–Trinajstić information content (AvgIpc) is 3.29. The van der Waals surface area contributed by atoms with Crippen molar-refractivity contribution in [3.8, 4) is 22.8 Å². The van der Waals surface area contributed by atoms with Crippen LogP contribution in [0.15, 0.2) is 48.8 Å². The second kappa shape index (κ2) is 6.71. The molecule has 1 aromatic carbocycles. The van der Waals surface area contributed by atoms with Gasteiger partial charge in [0.25, 0.3) is 5.91 Å². The highest BCUT2D eigenvalue weighted by Gasteiger charge is 2.25. The molecule has 0 spiro atoms. The summed E-state index contributed by atoms with van der Waals surface area (Å²) >= 11 is 0. The Labute approximate surface area is 152 Å². The third-order valence-corrected chi connectivity index (χ3v) is 4.96. The van der Waals surface area contributed by atoms with E-state index < -0.39 is 0 Å². The molecule has 0 aliphatic carbocycles. The quantitative estimate of drug-likeness (QED) is 0.730. The van der Waals surface area contributed by atoms with Crippen molar-refractivity contribution in [3.05, 3.63) is 54.4 Å². The molecule has 1 atom stereocenters. The van der Waals surface area contributed by atoms with Crippen LogP contribution in [-0.2, 0) is 7.05 Å². The van der Waals surface area contributed by atoms with Gasteiger partial charge in [-0.2, -0.15) is 0 Å². The SMILES string of the molecule is CC1CCCN1C(=O)c1ccc(-c2ccc(-c3nccn3C)nn2)cc1. The Kier molecular flexibility index (Phi) is 4.24. The number of imidazole rings is 1. The van der Waals surface area contributed by atoms with Crippen LogP contribution in [0.25, 0.3) is 22.8 Å². The fraction of sp³-hybridized carbons (Fsp3) is 0.300. The lowest BCUT2D eigenvalue weighted by Crippen LogP contribution is -2.33. The number of hydrogen-bond acceptors (Lipinski definition) is 4. The Morgan fingerprint density at radius 2 is 1.81 bits per heavy atom. The molecule has 1 unspecified atom stereocenters. The second-order valence-corrected chi connectivity index (χ2v) is 6.73. The largest absolute Gasteiger partial charge is 0.336 e. The van der Waals surface area contributed by atoms with E-state index in [0.717, 1.165) is 47.7 Å². The molecule has 3 heterocycles. The molecule has 3 aromatic rings. The molecular weight excluding hydrogens is 326 g/mol. The van der Waals surface area contributed by atoms with Crippen LogP contribution >= 0.6 is 0 Å². The third kappa shape index (κ3) is 2.98. The molecule has 6 heteroatoms. The molecule has 132 valence electrons. The molecule has 4 rings (SSSR count). The summed E-state index contributed by atoms with van der Waals surface area (Å²) in [6, 6.07) is 11.8. The molecular formula is C20H21N5O. The van der Waals surface area contributed by atoms with E-state index in [1.165, 1.54) is 0 Å². The van der Waals surface area contributed by atoms with Crippen molar-refractivity contribution in [3.63, 3.8) is 0 Å². The minimum atomic E-state index is 0.109. The van der Waals surface area contributed by atoms with Crippen molar-refractivity contribution in [2.75, 3.05) is 6.54 Å². The molecule has 1 aliphatic heterocycles. The third-order valence-electron chi connectivity index (χ3n) is 4.96. The van der Waals surface area contributed by atoms with Gasteiger partial charge in [-0.05, 0) is 44.0 Å². The van der Waals surface area contributed by atoms with Crippen molar-refractivity contribution in [2.24, 2.45) is 7.05 Å². The second-order valence-electron chi connectivity index (χ2n) is 6.73. The Balaban J connectivity index is 1.53. The Morgan fingerprint density at radius 3 is 2.38 bits per heavy atom. The van der Waals surface area contributed by atoms with E-state index in [0.29, 0.717) is 6.04 Å². The van der Waals surface area contributed by atoms with Crippen LogP contribution in [0, 0.1) is 0 Å². The molecule has 0 saturated carbocycles. The van der Waals surface area contributed by atoms with Crippen LogP contribution in [-0.4, -0.2) is 43.1 Å². The highest BCUT2D eigenvalue weighted by molar-refractivity contribution is 5.95. The van der Waals surface area contributed by atoms with Gasteiger partial charge in [-0.1, -0.05) is 12.1 Å². The first kappa shape index (κ1) is 16.4. The first-order chi connectivity index (χ1) is 12.6. The van der Waals surface area contributed by atoms with Gasteiger partial charge < -0.3 is 9.47 Å². The predicted molar refractivity (Wildman–Crippen MR) is 99.4 cm³/mol. The lowest BCUT2D eigenvalue weighted by Gasteiger charge is -2.21. The van der Waals surface area contributed by atoms with Crippen molar-refractivity contribution >= 4 is 5.91 Å². The Morgan fingerprint density at radius 1 is 1.08 bits per heavy atom. The lowest BCUT2D eigenvalue weighted by molar-refractivity contribution is 0.0747. The summed E-state index contributed by atoms with van der Waals surface area (Å²) in [5.74, 6) is 0.891. The topological polar surface area (TPSA) is 63.9 Å². The van der Waals surface area contributed by atoms with Gasteiger partial charge in [-0.3, -0.25) is 4.79 Å². The predicted octanol–water partition coefficient (Wildman–Crippen LogP) is 3.17. The highest BCUT2D eigenvalue weighted by atomic mass is 16.2. The maximum Gasteiger partial charge on any atom is 0.254 e. The van der Waals surface area contributed by atoms with Gasteiger partial charge in [0.1, 0.15) is 5.69 Å². The standard InChI is InChI=1S/C20H21N5O/c1-14-4-3-12-25(14)20(26)16-7-5-15(6-8-16)17-9-10-18(23-22-17)19-21-11-13-24(19)2/h5-11,13-14H,3-4,12H2,1-2H3. The van der Waals surface area contributed by atoms with E-state index in [2.05, 4.69) is 22.1 Å². The number of carbonyl (C=O) groups is 1. The monoisotopic (exact) mass is 347 g/mol. The number of benzene rings is 1. The number of hydrogen-bond donors (Lipinski definition) is 0. The van der Waals surface area contributed by atoms with Crippen LogP contribution in [0.2, 0.25) is 0 Å². The van der Waals surface area contributed by atoms with Crippen LogP contribution < -0.4 is 0 Å². The van der Waals surface area contributed by atoms with Crippen LogP contribution in [0.5, 0.6) is 0 Å². The zero-order chi connectivity index (χ0) is 18.1. The summed E-state index contributed by atoms with van der Waals surface area (Å²) in [6.07, 6.45) is 5.79. The molecule has 0 N–H and O–H groups in total. The van der Waals surface area contributed by atoms with E-state index in [9.17, 15) is 4.79 Å². The van der Waals surface area contributed by atoms with Crippen molar-refractivity contribution in [1.82, 2.24) is 24.6 Å². The summed E-state index contributed by atoms with van der Waals surface area (Å²) in [6.45, 7) is 2.96. The molecule has 1 aliphatic rings. The number of rotatable bonds is 3. The lowest BCUT2D eigenvalue weighted by atomic mass is 10.1. The maximum absolute atomic E-state index is 12.6. The summed E-state index contributed by atoms with van der Waals surface area (Å²) in [5, 5.41) is 8.59. The van der Waals surface area contributed by atoms with E-state index in [4.69, 9.17) is 0 Å². The van der Waals surface area contributed by atoms with E-state index in [1.54, 1.807) is 6.20 Å². The molecule has 0 bridgehead atoms. The van der Waals surface area contributed by atoms with Crippen LogP contribution in [0.1, 0.15) is 30.1 Å². The van der Waals surface area contributed by atoms with Gasteiger partial charge in [0.2, 0.25) is 0 Å². The van der Waals surface area contributed by atoms with Crippen molar-refractivity contribution in [2.45, 2.75) is 25.8 Å². The van der Waals surface area contributed by atoms with Gasteiger partial charge in [0.05, 0.1) is 5.69 Å². The first-order valence-electron chi connectivity index (χ1n) is 8.86. The highest BCUT2D eigenvalue weighted by Crippen LogP contribution is 2.23. The first-order valence-corrected chi connectivity index (χ1v) is 8.86. The fourth-order valence-electron chi connectivity index (χ4n) is 3.40. The Bertz CT molecular complexity index is 914. The van der Waals surface area contributed by atoms with E-state index >= 15 is 0 Å². The summed E-state index contributed by atoms with van der Waals surface area (Å²) in [4.78, 5) is 18.8. The normalized spacial score (nSPS) is 16.8. The minimum absolute atomic E-state index is 0.109. The molecule has 26 heavy (non-hydrogen) atoms. The zero-order valence-corrected chi connectivity index (χ0v) is 15.0. The molecule has 6 nitrogen and oxygen atoms in total. The van der Waals surface area contributed by atoms with Crippen LogP contribution in [0.4, 0.5) is 0 Å². The fourth-order valence-corrected chi connectivity index (χ4v) is 3.40. The number of likely N-dealkylation sites (tertiary alicyclic amines) is 1. The number of aryl methyl sites for hydroxylation is 1. The van der Waals surface area contributed by atoms with Crippen LogP contribution in [0.3, 0.4) is 0 Å². The summed E-state index contributed by atoms with van der Waals surface area (Å²) in [5.41, 5.74) is 3.17. The van der Waals surface area contributed by atoms with Gasteiger partial charge >= 0.3 is 0 Å². The molecule has 2 aromatic heterocycles. The van der Waals surface area contributed by atoms with Gasteiger partial charge in [0.15, 0.2) is 5.82 Å². The van der Waals surface area contributed by atoms with Gasteiger partial charge in [-0.25, -0.2) is 4.98 Å². The number of nitrogens with zero attached hydrogens (tertiary/aromatic N) is 5. The Hall–Kier alpha value is -3.02. The number of aromatic nitrogens is 4. The van der Waals surface area contributed by atoms with Gasteiger partial charge in [0, 0.05) is 43.2 Å². The van der Waals surface area contributed by atoms with Crippen molar-refractivity contribution < 1.29 is 4.79 Å². The molecule has 1 amide bonds. The molecule has 1 fully saturated rings. The molecule has 1 saturated heterocycles. The minimum Gasteiger partial charge on any atom is -0.336 e. The smallest absolute Gasteiger partial charge is 0.254 e. The molecule has 0 radical (unpaired) electrons.